The first-order valence-corrected chi connectivity index (χ1v) is 18.8. The topological polar surface area (TPSA) is 3.24 Å². The van der Waals surface area contributed by atoms with E-state index in [4.69, 9.17) is 0 Å². The minimum atomic E-state index is 0.210. The van der Waals surface area contributed by atoms with E-state index in [1.165, 1.54) is 160 Å². The lowest BCUT2D eigenvalue weighted by Crippen LogP contribution is -2.55. The first-order chi connectivity index (χ1) is 20.3. The zero-order valence-corrected chi connectivity index (χ0v) is 29.7. The van der Waals surface area contributed by atoms with Gasteiger partial charge in [0.1, 0.15) is 0 Å². The van der Waals surface area contributed by atoms with E-state index in [0.717, 1.165) is 6.54 Å². The zero-order chi connectivity index (χ0) is 30.8. The second kappa shape index (κ2) is 25.3. The number of nitrogens with zero attached hydrogens (tertiary/aromatic N) is 1. The van der Waals surface area contributed by atoms with Crippen LogP contribution in [0.25, 0.3) is 6.08 Å². The molecule has 0 aromatic heterocycles. The maximum atomic E-state index is 2.84. The Morgan fingerprint density at radius 2 is 0.810 bits per heavy atom. The molecular formula is C41H75N. The Hall–Kier alpha value is -1.08. The van der Waals surface area contributed by atoms with Gasteiger partial charge in [-0.05, 0) is 46.1 Å². The summed E-state index contributed by atoms with van der Waals surface area (Å²) in [5.74, 6) is 0. The molecule has 0 amide bonds. The Balaban J connectivity index is 2.49. The SMILES string of the molecule is CCCCCCCCCCCCCC(C)(C)N(C/C=C/c1ccccc1)C(C)(C)CCCCCCCCCCCCC. The van der Waals surface area contributed by atoms with Gasteiger partial charge in [0.2, 0.25) is 0 Å². The Bertz CT molecular complexity index is 692. The molecule has 244 valence electrons. The van der Waals surface area contributed by atoms with Gasteiger partial charge in [0.15, 0.2) is 0 Å². The molecule has 0 spiro atoms. The Kier molecular flexibility index (Phi) is 23.4. The molecule has 1 rings (SSSR count). The smallest absolute Gasteiger partial charge is 0.0177 e. The molecule has 0 fully saturated rings. The van der Waals surface area contributed by atoms with E-state index in [2.05, 4.69) is 88.9 Å². The third-order valence-corrected chi connectivity index (χ3v) is 9.64. The fourth-order valence-corrected chi connectivity index (χ4v) is 6.89. The molecule has 0 N–H and O–H groups in total. The summed E-state index contributed by atoms with van der Waals surface area (Å²) in [5, 5.41) is 0. The summed E-state index contributed by atoms with van der Waals surface area (Å²) in [5.41, 5.74) is 1.73. The number of unbranched alkanes of at least 4 members (excludes halogenated alkanes) is 20. The van der Waals surface area contributed by atoms with Crippen molar-refractivity contribution in [3.63, 3.8) is 0 Å². The molecular weight excluding hydrogens is 506 g/mol. The van der Waals surface area contributed by atoms with Gasteiger partial charge in [-0.3, -0.25) is 4.90 Å². The van der Waals surface area contributed by atoms with Crippen LogP contribution in [-0.4, -0.2) is 22.5 Å². The van der Waals surface area contributed by atoms with Gasteiger partial charge in [-0.25, -0.2) is 0 Å². The van der Waals surface area contributed by atoms with Crippen LogP contribution in [0.2, 0.25) is 0 Å². The van der Waals surface area contributed by atoms with Crippen LogP contribution in [0.1, 0.15) is 201 Å². The van der Waals surface area contributed by atoms with E-state index in [9.17, 15) is 0 Å². The van der Waals surface area contributed by atoms with Crippen LogP contribution in [0.5, 0.6) is 0 Å². The van der Waals surface area contributed by atoms with Crippen LogP contribution < -0.4 is 0 Å². The van der Waals surface area contributed by atoms with Crippen LogP contribution >= 0.6 is 0 Å². The minimum absolute atomic E-state index is 0.210. The van der Waals surface area contributed by atoms with E-state index in [1.807, 2.05) is 0 Å². The molecule has 0 unspecified atom stereocenters. The third kappa shape index (κ3) is 20.0. The summed E-state index contributed by atoms with van der Waals surface area (Å²) in [6.07, 6.45) is 38.6. The van der Waals surface area contributed by atoms with Gasteiger partial charge in [-0.2, -0.15) is 0 Å². The zero-order valence-electron chi connectivity index (χ0n) is 29.7. The molecule has 0 atom stereocenters. The first kappa shape index (κ1) is 38.9. The van der Waals surface area contributed by atoms with Crippen molar-refractivity contribution in [3.05, 3.63) is 42.0 Å². The first-order valence-electron chi connectivity index (χ1n) is 18.8. The van der Waals surface area contributed by atoms with Crippen molar-refractivity contribution >= 4 is 6.08 Å². The van der Waals surface area contributed by atoms with Crippen molar-refractivity contribution in [3.8, 4) is 0 Å². The third-order valence-electron chi connectivity index (χ3n) is 9.64. The normalized spacial score (nSPS) is 12.6. The molecule has 42 heavy (non-hydrogen) atoms. The summed E-state index contributed by atoms with van der Waals surface area (Å²) in [6, 6.07) is 10.8. The van der Waals surface area contributed by atoms with Crippen molar-refractivity contribution in [2.45, 2.75) is 207 Å². The monoisotopic (exact) mass is 582 g/mol. The molecule has 0 bridgehead atoms. The van der Waals surface area contributed by atoms with Crippen LogP contribution in [0, 0.1) is 0 Å². The lowest BCUT2D eigenvalue weighted by Gasteiger charge is -2.49. The molecule has 0 heterocycles. The highest BCUT2D eigenvalue weighted by Crippen LogP contribution is 2.33. The van der Waals surface area contributed by atoms with Crippen LogP contribution in [0.15, 0.2) is 36.4 Å². The number of rotatable bonds is 29. The molecule has 0 aliphatic rings. The van der Waals surface area contributed by atoms with Crippen molar-refractivity contribution in [2.75, 3.05) is 6.54 Å². The summed E-state index contributed by atoms with van der Waals surface area (Å²) in [7, 11) is 0. The largest absolute Gasteiger partial charge is 0.289 e. The van der Waals surface area contributed by atoms with E-state index < -0.39 is 0 Å². The lowest BCUT2D eigenvalue weighted by molar-refractivity contribution is 0.0145. The van der Waals surface area contributed by atoms with E-state index in [-0.39, 0.29) is 11.1 Å². The van der Waals surface area contributed by atoms with E-state index in [0.29, 0.717) is 0 Å². The number of hydrogen-bond donors (Lipinski definition) is 0. The fourth-order valence-electron chi connectivity index (χ4n) is 6.89. The maximum absolute atomic E-state index is 2.84. The summed E-state index contributed by atoms with van der Waals surface area (Å²) in [4.78, 5) is 2.84. The van der Waals surface area contributed by atoms with E-state index in [1.54, 1.807) is 0 Å². The molecule has 0 aliphatic heterocycles. The molecule has 0 radical (unpaired) electrons. The predicted molar refractivity (Wildman–Crippen MR) is 192 cm³/mol. The highest BCUT2D eigenvalue weighted by atomic mass is 15.2. The number of benzene rings is 1. The maximum Gasteiger partial charge on any atom is 0.0177 e. The molecule has 1 aromatic rings. The van der Waals surface area contributed by atoms with Crippen LogP contribution in [-0.2, 0) is 0 Å². The fraction of sp³-hybridized carbons (Fsp3) is 0.805. The summed E-state index contributed by atoms with van der Waals surface area (Å²) in [6.45, 7) is 15.7. The van der Waals surface area contributed by atoms with Gasteiger partial charge in [-0.15, -0.1) is 0 Å². The summed E-state index contributed by atoms with van der Waals surface area (Å²) < 4.78 is 0. The molecule has 1 nitrogen and oxygen atoms in total. The highest BCUT2D eigenvalue weighted by molar-refractivity contribution is 5.48. The molecule has 0 saturated carbocycles. The second-order valence-corrected chi connectivity index (χ2v) is 14.6. The molecule has 1 aromatic carbocycles. The van der Waals surface area contributed by atoms with Gasteiger partial charge in [-0.1, -0.05) is 198 Å². The van der Waals surface area contributed by atoms with Gasteiger partial charge < -0.3 is 0 Å². The predicted octanol–water partition coefficient (Wildman–Crippen LogP) is 14.0. The minimum Gasteiger partial charge on any atom is -0.289 e. The molecule has 0 aliphatic carbocycles. The number of hydrogen-bond acceptors (Lipinski definition) is 1. The quantitative estimate of drug-likeness (QED) is 0.0850. The van der Waals surface area contributed by atoms with Crippen molar-refractivity contribution in [1.82, 2.24) is 4.90 Å². The Labute approximate surface area is 265 Å². The average molecular weight is 582 g/mol. The Morgan fingerprint density at radius 3 is 1.17 bits per heavy atom. The van der Waals surface area contributed by atoms with Crippen LogP contribution in [0.3, 0.4) is 0 Å². The van der Waals surface area contributed by atoms with Gasteiger partial charge in [0.25, 0.3) is 0 Å². The molecule has 0 saturated heterocycles. The van der Waals surface area contributed by atoms with Gasteiger partial charge >= 0.3 is 0 Å². The second-order valence-electron chi connectivity index (χ2n) is 14.6. The van der Waals surface area contributed by atoms with Crippen molar-refractivity contribution < 1.29 is 0 Å². The Morgan fingerprint density at radius 1 is 0.476 bits per heavy atom. The van der Waals surface area contributed by atoms with Crippen molar-refractivity contribution in [2.24, 2.45) is 0 Å². The van der Waals surface area contributed by atoms with Gasteiger partial charge in [0, 0.05) is 17.6 Å². The average Bonchev–Trinajstić information content (AvgIpc) is 2.97. The highest BCUT2D eigenvalue weighted by Gasteiger charge is 2.36. The van der Waals surface area contributed by atoms with Crippen LogP contribution in [0.4, 0.5) is 0 Å². The summed E-state index contributed by atoms with van der Waals surface area (Å²) >= 11 is 0. The lowest BCUT2D eigenvalue weighted by atomic mass is 9.85. The van der Waals surface area contributed by atoms with E-state index >= 15 is 0 Å². The molecule has 1 heteroatoms. The standard InChI is InChI=1S/C41H75N/c1-7-9-11-13-15-17-19-21-23-25-30-36-40(3,4)42(38-32-35-39-33-28-27-29-34-39)41(5,6)37-31-26-24-22-20-18-16-14-12-10-8-2/h27-29,32-35H,7-26,30-31,36-38H2,1-6H3/b35-32+. The van der Waals surface area contributed by atoms with Gasteiger partial charge in [0.05, 0.1) is 0 Å². The van der Waals surface area contributed by atoms with Crippen molar-refractivity contribution in [1.29, 1.82) is 0 Å².